The van der Waals surface area contributed by atoms with Crippen molar-refractivity contribution in [1.82, 2.24) is 15.1 Å². The summed E-state index contributed by atoms with van der Waals surface area (Å²) in [5, 5.41) is 8.22. The standard InChI is InChI=1S/C17H16F6N4O/c18-16(19,20)11-2-1-3-12(8-11)25-15(28)24-6-7-27-13(10-4-5-10)9-14(26-27)17(21,22)23/h1-3,8-10H,4-7H2,(H2,24,25,28). The number of urea groups is 1. The van der Waals surface area contributed by atoms with Crippen LogP contribution in [0.5, 0.6) is 0 Å². The van der Waals surface area contributed by atoms with E-state index >= 15 is 0 Å². The van der Waals surface area contributed by atoms with Crippen molar-refractivity contribution in [3.8, 4) is 0 Å². The maximum absolute atomic E-state index is 12.8. The van der Waals surface area contributed by atoms with Gasteiger partial charge < -0.3 is 10.6 Å². The number of rotatable bonds is 5. The van der Waals surface area contributed by atoms with Gasteiger partial charge >= 0.3 is 18.4 Å². The molecule has 1 fully saturated rings. The van der Waals surface area contributed by atoms with Crippen molar-refractivity contribution in [3.05, 3.63) is 47.3 Å². The molecule has 2 amide bonds. The minimum absolute atomic E-state index is 0.0118. The molecule has 1 aliphatic rings. The molecule has 0 spiro atoms. The van der Waals surface area contributed by atoms with E-state index in [1.165, 1.54) is 10.7 Å². The minimum atomic E-state index is -4.55. The number of anilines is 1. The van der Waals surface area contributed by atoms with Crippen molar-refractivity contribution < 1.29 is 31.1 Å². The van der Waals surface area contributed by atoms with Gasteiger partial charge in [-0.15, -0.1) is 0 Å². The maximum Gasteiger partial charge on any atom is 0.435 e. The number of carbonyl (C=O) groups is 1. The number of benzene rings is 1. The molecule has 3 rings (SSSR count). The van der Waals surface area contributed by atoms with Gasteiger partial charge in [-0.05, 0) is 37.1 Å². The number of carbonyl (C=O) groups excluding carboxylic acids is 1. The average Bonchev–Trinajstić information content (AvgIpc) is 3.33. The number of amides is 2. The molecular formula is C17H16F6N4O. The Morgan fingerprint density at radius 2 is 1.82 bits per heavy atom. The van der Waals surface area contributed by atoms with Crippen LogP contribution in [0.2, 0.25) is 0 Å². The lowest BCUT2D eigenvalue weighted by atomic mass is 10.2. The molecule has 2 aromatic rings. The molecule has 0 unspecified atom stereocenters. The van der Waals surface area contributed by atoms with Gasteiger partial charge in [-0.2, -0.15) is 31.4 Å². The van der Waals surface area contributed by atoms with Crippen LogP contribution in [0.3, 0.4) is 0 Å². The zero-order valence-electron chi connectivity index (χ0n) is 14.4. The Kier molecular flexibility index (Phi) is 5.26. The Morgan fingerprint density at radius 3 is 2.43 bits per heavy atom. The molecule has 0 aliphatic heterocycles. The van der Waals surface area contributed by atoms with E-state index in [0.29, 0.717) is 5.69 Å². The summed E-state index contributed by atoms with van der Waals surface area (Å²) in [6.07, 6.45) is -7.52. The molecule has 0 radical (unpaired) electrons. The van der Waals surface area contributed by atoms with Gasteiger partial charge in [-0.3, -0.25) is 4.68 Å². The van der Waals surface area contributed by atoms with E-state index in [9.17, 15) is 31.1 Å². The molecule has 1 aliphatic carbocycles. The predicted octanol–water partition coefficient (Wildman–Crippen LogP) is 4.62. The van der Waals surface area contributed by atoms with Gasteiger partial charge in [0.05, 0.1) is 12.1 Å². The normalized spacial score (nSPS) is 14.8. The van der Waals surface area contributed by atoms with Gasteiger partial charge in [0.15, 0.2) is 5.69 Å². The van der Waals surface area contributed by atoms with E-state index in [0.717, 1.165) is 37.1 Å². The first-order chi connectivity index (χ1) is 13.0. The minimum Gasteiger partial charge on any atom is -0.336 e. The van der Waals surface area contributed by atoms with Crippen LogP contribution in [-0.4, -0.2) is 22.4 Å². The Labute approximate surface area is 155 Å². The first-order valence-electron chi connectivity index (χ1n) is 8.41. The topological polar surface area (TPSA) is 59.0 Å². The number of alkyl halides is 6. The first kappa shape index (κ1) is 20.0. The Morgan fingerprint density at radius 1 is 1.11 bits per heavy atom. The van der Waals surface area contributed by atoms with E-state index < -0.39 is 29.6 Å². The van der Waals surface area contributed by atoms with Crippen LogP contribution in [0.25, 0.3) is 0 Å². The van der Waals surface area contributed by atoms with Crippen LogP contribution in [0.15, 0.2) is 30.3 Å². The summed E-state index contributed by atoms with van der Waals surface area (Å²) in [7, 11) is 0. The lowest BCUT2D eigenvalue weighted by molar-refractivity contribution is -0.141. The predicted molar refractivity (Wildman–Crippen MR) is 87.7 cm³/mol. The zero-order valence-corrected chi connectivity index (χ0v) is 14.4. The Balaban J connectivity index is 1.57. The fraction of sp³-hybridized carbons (Fsp3) is 0.412. The van der Waals surface area contributed by atoms with Crippen LogP contribution in [-0.2, 0) is 18.9 Å². The quantitative estimate of drug-likeness (QED) is 0.712. The number of nitrogens with zero attached hydrogens (tertiary/aromatic N) is 2. The van der Waals surface area contributed by atoms with Gasteiger partial charge in [-0.25, -0.2) is 4.79 Å². The highest BCUT2D eigenvalue weighted by Gasteiger charge is 2.37. The number of aromatic nitrogens is 2. The summed E-state index contributed by atoms with van der Waals surface area (Å²) in [4.78, 5) is 11.8. The van der Waals surface area contributed by atoms with Crippen LogP contribution in [0, 0.1) is 0 Å². The lowest BCUT2D eigenvalue weighted by Crippen LogP contribution is -2.32. The van der Waals surface area contributed by atoms with Crippen LogP contribution < -0.4 is 10.6 Å². The highest BCUT2D eigenvalue weighted by atomic mass is 19.4. The van der Waals surface area contributed by atoms with Crippen LogP contribution >= 0.6 is 0 Å². The van der Waals surface area contributed by atoms with Gasteiger partial charge in [0, 0.05) is 23.8 Å². The largest absolute Gasteiger partial charge is 0.435 e. The molecule has 28 heavy (non-hydrogen) atoms. The number of nitrogens with one attached hydrogen (secondary N) is 2. The van der Waals surface area contributed by atoms with Crippen molar-refractivity contribution in [2.75, 3.05) is 11.9 Å². The zero-order chi connectivity index (χ0) is 20.5. The third-order valence-electron chi connectivity index (χ3n) is 4.15. The van der Waals surface area contributed by atoms with Gasteiger partial charge in [0.25, 0.3) is 0 Å². The second kappa shape index (κ2) is 7.36. The van der Waals surface area contributed by atoms with Crippen molar-refractivity contribution in [2.45, 2.75) is 37.7 Å². The van der Waals surface area contributed by atoms with E-state index in [2.05, 4.69) is 15.7 Å². The number of halogens is 6. The molecule has 1 aromatic carbocycles. The average molecular weight is 406 g/mol. The maximum atomic E-state index is 12.8. The van der Waals surface area contributed by atoms with Crippen molar-refractivity contribution in [1.29, 1.82) is 0 Å². The fourth-order valence-corrected chi connectivity index (χ4v) is 2.68. The molecule has 1 aromatic heterocycles. The number of hydrogen-bond donors (Lipinski definition) is 2. The summed E-state index contributed by atoms with van der Waals surface area (Å²) in [5.74, 6) is 0.0301. The molecule has 5 nitrogen and oxygen atoms in total. The second-order valence-electron chi connectivity index (χ2n) is 6.41. The molecule has 152 valence electrons. The Hall–Kier alpha value is -2.72. The summed E-state index contributed by atoms with van der Waals surface area (Å²) >= 11 is 0. The van der Waals surface area contributed by atoms with Gasteiger partial charge in [0.2, 0.25) is 0 Å². The molecular weight excluding hydrogens is 390 g/mol. The van der Waals surface area contributed by atoms with Crippen LogP contribution in [0.4, 0.5) is 36.8 Å². The fourth-order valence-electron chi connectivity index (χ4n) is 2.68. The molecule has 1 saturated carbocycles. The molecule has 0 atom stereocenters. The highest BCUT2D eigenvalue weighted by Crippen LogP contribution is 2.42. The van der Waals surface area contributed by atoms with Crippen molar-refractivity contribution in [3.63, 3.8) is 0 Å². The van der Waals surface area contributed by atoms with E-state index in [1.807, 2.05) is 0 Å². The lowest BCUT2D eigenvalue weighted by Gasteiger charge is -2.11. The molecule has 11 heteroatoms. The van der Waals surface area contributed by atoms with E-state index in [1.54, 1.807) is 0 Å². The highest BCUT2D eigenvalue weighted by molar-refractivity contribution is 5.89. The second-order valence-corrected chi connectivity index (χ2v) is 6.41. The molecule has 2 N–H and O–H groups in total. The number of hydrogen-bond acceptors (Lipinski definition) is 2. The summed E-state index contributed by atoms with van der Waals surface area (Å²) in [6.45, 7) is -0.0264. The van der Waals surface area contributed by atoms with Crippen molar-refractivity contribution >= 4 is 11.7 Å². The molecule has 1 heterocycles. The van der Waals surface area contributed by atoms with Crippen molar-refractivity contribution in [2.24, 2.45) is 0 Å². The monoisotopic (exact) mass is 406 g/mol. The third kappa shape index (κ3) is 4.96. The Bertz CT molecular complexity index is 854. The van der Waals surface area contributed by atoms with Gasteiger partial charge in [-0.1, -0.05) is 6.07 Å². The van der Waals surface area contributed by atoms with E-state index in [-0.39, 0.29) is 24.7 Å². The summed E-state index contributed by atoms with van der Waals surface area (Å²) in [6, 6.07) is 4.36. The summed E-state index contributed by atoms with van der Waals surface area (Å²) < 4.78 is 77.7. The molecule has 0 saturated heterocycles. The molecule has 0 bridgehead atoms. The first-order valence-corrected chi connectivity index (χ1v) is 8.41. The van der Waals surface area contributed by atoms with E-state index in [4.69, 9.17) is 0 Å². The third-order valence-corrected chi connectivity index (χ3v) is 4.15. The summed E-state index contributed by atoms with van der Waals surface area (Å²) in [5.41, 5.74) is -1.48. The SMILES string of the molecule is O=C(NCCn1nc(C(F)(F)F)cc1C1CC1)Nc1cccc(C(F)(F)F)c1. The smallest absolute Gasteiger partial charge is 0.336 e. The van der Waals surface area contributed by atoms with Gasteiger partial charge in [0.1, 0.15) is 0 Å². The van der Waals surface area contributed by atoms with Crippen LogP contribution in [0.1, 0.15) is 35.7 Å².